The Morgan fingerprint density at radius 3 is 2.50 bits per heavy atom. The van der Waals surface area contributed by atoms with Gasteiger partial charge in [-0.3, -0.25) is 4.90 Å². The van der Waals surface area contributed by atoms with Crippen LogP contribution in [-0.2, 0) is 0 Å². The molecular weight excluding hydrogens is 222 g/mol. The number of nitrogens with one attached hydrogen (secondary N) is 1. The van der Waals surface area contributed by atoms with E-state index in [0.717, 1.165) is 12.5 Å². The Labute approximate surface area is 113 Å². The SMILES string of the molecule is CC(NCC(C)N1CCCC1)C1CCCN(C)C1. The Bertz CT molecular complexity index is 238. The molecule has 1 N–H and O–H groups in total. The zero-order valence-corrected chi connectivity index (χ0v) is 12.5. The van der Waals surface area contributed by atoms with Gasteiger partial charge in [0.15, 0.2) is 0 Å². The maximum atomic E-state index is 3.78. The van der Waals surface area contributed by atoms with E-state index in [9.17, 15) is 0 Å². The number of nitrogens with zero attached hydrogens (tertiary/aromatic N) is 2. The molecule has 106 valence electrons. The van der Waals surface area contributed by atoms with E-state index in [1.807, 2.05) is 0 Å². The summed E-state index contributed by atoms with van der Waals surface area (Å²) in [6.45, 7) is 11.1. The van der Waals surface area contributed by atoms with Crippen LogP contribution in [0.25, 0.3) is 0 Å². The molecule has 2 aliphatic rings. The summed E-state index contributed by atoms with van der Waals surface area (Å²) in [5.74, 6) is 0.842. The van der Waals surface area contributed by atoms with E-state index >= 15 is 0 Å². The number of piperidine rings is 1. The van der Waals surface area contributed by atoms with Crippen molar-refractivity contribution in [1.82, 2.24) is 15.1 Å². The highest BCUT2D eigenvalue weighted by atomic mass is 15.2. The first kappa shape index (κ1) is 14.3. The van der Waals surface area contributed by atoms with Gasteiger partial charge < -0.3 is 10.2 Å². The lowest BCUT2D eigenvalue weighted by atomic mass is 9.92. The summed E-state index contributed by atoms with van der Waals surface area (Å²) in [4.78, 5) is 5.11. The third-order valence-electron chi connectivity index (χ3n) is 4.87. The molecule has 2 rings (SSSR count). The van der Waals surface area contributed by atoms with Gasteiger partial charge >= 0.3 is 0 Å². The molecule has 0 radical (unpaired) electrons. The third-order valence-corrected chi connectivity index (χ3v) is 4.87. The summed E-state index contributed by atoms with van der Waals surface area (Å²) in [6, 6.07) is 1.37. The Hall–Kier alpha value is -0.120. The predicted molar refractivity (Wildman–Crippen MR) is 78.0 cm³/mol. The van der Waals surface area contributed by atoms with Gasteiger partial charge in [-0.25, -0.2) is 0 Å². The molecule has 2 fully saturated rings. The lowest BCUT2D eigenvalue weighted by molar-refractivity contribution is 0.170. The molecule has 0 saturated carbocycles. The Kier molecular flexibility index (Phi) is 5.46. The van der Waals surface area contributed by atoms with Crippen molar-refractivity contribution in [2.24, 2.45) is 5.92 Å². The summed E-state index contributed by atoms with van der Waals surface area (Å²) < 4.78 is 0. The zero-order chi connectivity index (χ0) is 13.0. The van der Waals surface area contributed by atoms with Gasteiger partial charge in [0, 0.05) is 25.2 Å². The standard InChI is InChI=1S/C15H31N3/c1-13(18-9-4-5-10-18)11-16-14(2)15-7-6-8-17(3)12-15/h13-16H,4-12H2,1-3H3. The second-order valence-corrected chi connectivity index (χ2v) is 6.45. The van der Waals surface area contributed by atoms with Crippen molar-refractivity contribution < 1.29 is 0 Å². The van der Waals surface area contributed by atoms with Gasteiger partial charge in [-0.2, -0.15) is 0 Å². The average Bonchev–Trinajstić information content (AvgIpc) is 2.89. The van der Waals surface area contributed by atoms with Gasteiger partial charge in [0.05, 0.1) is 0 Å². The Morgan fingerprint density at radius 1 is 1.11 bits per heavy atom. The summed E-state index contributed by atoms with van der Waals surface area (Å²) in [6.07, 6.45) is 5.56. The molecule has 0 spiro atoms. The number of likely N-dealkylation sites (tertiary alicyclic amines) is 2. The van der Waals surface area contributed by atoms with Crippen LogP contribution in [0.5, 0.6) is 0 Å². The number of hydrogen-bond donors (Lipinski definition) is 1. The molecule has 0 aromatic carbocycles. The molecule has 3 atom stereocenters. The summed E-state index contributed by atoms with van der Waals surface area (Å²) >= 11 is 0. The number of rotatable bonds is 5. The molecule has 2 aliphatic heterocycles. The molecule has 3 nitrogen and oxygen atoms in total. The molecule has 2 saturated heterocycles. The zero-order valence-electron chi connectivity index (χ0n) is 12.5. The van der Waals surface area contributed by atoms with Crippen LogP contribution in [0.4, 0.5) is 0 Å². The van der Waals surface area contributed by atoms with Crippen LogP contribution in [-0.4, -0.2) is 61.7 Å². The van der Waals surface area contributed by atoms with Crippen molar-refractivity contribution in [2.75, 3.05) is 39.8 Å². The van der Waals surface area contributed by atoms with Crippen LogP contribution in [0.1, 0.15) is 39.5 Å². The Morgan fingerprint density at radius 2 is 1.83 bits per heavy atom. The van der Waals surface area contributed by atoms with Crippen molar-refractivity contribution in [2.45, 2.75) is 51.6 Å². The summed E-state index contributed by atoms with van der Waals surface area (Å²) in [5.41, 5.74) is 0. The fraction of sp³-hybridized carbons (Fsp3) is 1.00. The molecule has 18 heavy (non-hydrogen) atoms. The van der Waals surface area contributed by atoms with Crippen molar-refractivity contribution in [3.8, 4) is 0 Å². The normalized spacial score (nSPS) is 30.5. The number of hydrogen-bond acceptors (Lipinski definition) is 3. The minimum atomic E-state index is 0.665. The predicted octanol–water partition coefficient (Wildman–Crippen LogP) is 1.79. The molecule has 0 aromatic heterocycles. The van der Waals surface area contributed by atoms with E-state index in [4.69, 9.17) is 0 Å². The first-order valence-electron chi connectivity index (χ1n) is 7.83. The van der Waals surface area contributed by atoms with E-state index < -0.39 is 0 Å². The van der Waals surface area contributed by atoms with Crippen molar-refractivity contribution in [3.63, 3.8) is 0 Å². The molecule has 3 unspecified atom stereocenters. The molecular formula is C15H31N3. The summed E-state index contributed by atoms with van der Waals surface area (Å²) in [7, 11) is 2.26. The maximum absolute atomic E-state index is 3.78. The molecule has 0 aromatic rings. The molecule has 0 amide bonds. The first-order chi connectivity index (χ1) is 8.66. The van der Waals surface area contributed by atoms with Gasteiger partial charge in [-0.1, -0.05) is 0 Å². The van der Waals surface area contributed by atoms with Crippen molar-refractivity contribution in [3.05, 3.63) is 0 Å². The largest absolute Gasteiger partial charge is 0.312 e. The highest BCUT2D eigenvalue weighted by molar-refractivity contribution is 4.81. The van der Waals surface area contributed by atoms with E-state index in [1.54, 1.807) is 0 Å². The van der Waals surface area contributed by atoms with Gasteiger partial charge in [-0.15, -0.1) is 0 Å². The highest BCUT2D eigenvalue weighted by Gasteiger charge is 2.24. The van der Waals surface area contributed by atoms with Crippen LogP contribution in [0, 0.1) is 5.92 Å². The smallest absolute Gasteiger partial charge is 0.0192 e. The topological polar surface area (TPSA) is 18.5 Å². The van der Waals surface area contributed by atoms with Crippen molar-refractivity contribution in [1.29, 1.82) is 0 Å². The van der Waals surface area contributed by atoms with Gasteiger partial charge in [0.2, 0.25) is 0 Å². The van der Waals surface area contributed by atoms with Gasteiger partial charge in [0.25, 0.3) is 0 Å². The van der Waals surface area contributed by atoms with Crippen LogP contribution in [0.3, 0.4) is 0 Å². The van der Waals surface area contributed by atoms with E-state index in [-0.39, 0.29) is 0 Å². The molecule has 0 aliphatic carbocycles. The molecule has 2 heterocycles. The van der Waals surface area contributed by atoms with Crippen LogP contribution in [0.15, 0.2) is 0 Å². The van der Waals surface area contributed by atoms with Crippen LogP contribution >= 0.6 is 0 Å². The minimum Gasteiger partial charge on any atom is -0.312 e. The maximum Gasteiger partial charge on any atom is 0.0192 e. The van der Waals surface area contributed by atoms with Gasteiger partial charge in [-0.05, 0) is 72.1 Å². The van der Waals surface area contributed by atoms with Gasteiger partial charge in [0.1, 0.15) is 0 Å². The quantitative estimate of drug-likeness (QED) is 0.806. The van der Waals surface area contributed by atoms with E-state index in [0.29, 0.717) is 12.1 Å². The van der Waals surface area contributed by atoms with E-state index in [1.165, 1.54) is 51.9 Å². The van der Waals surface area contributed by atoms with Crippen LogP contribution in [0.2, 0.25) is 0 Å². The lowest BCUT2D eigenvalue weighted by Crippen LogP contribution is -2.47. The van der Waals surface area contributed by atoms with E-state index in [2.05, 4.69) is 36.0 Å². The van der Waals surface area contributed by atoms with Crippen molar-refractivity contribution >= 4 is 0 Å². The van der Waals surface area contributed by atoms with Crippen LogP contribution < -0.4 is 5.32 Å². The molecule has 0 bridgehead atoms. The fourth-order valence-electron chi connectivity index (χ4n) is 3.45. The average molecular weight is 253 g/mol. The lowest BCUT2D eigenvalue weighted by Gasteiger charge is -2.35. The molecule has 3 heteroatoms. The first-order valence-corrected chi connectivity index (χ1v) is 7.83. The second-order valence-electron chi connectivity index (χ2n) is 6.45. The third kappa shape index (κ3) is 3.94. The summed E-state index contributed by atoms with van der Waals surface area (Å²) in [5, 5.41) is 3.78. The highest BCUT2D eigenvalue weighted by Crippen LogP contribution is 2.19. The Balaban J connectivity index is 1.68. The monoisotopic (exact) mass is 253 g/mol. The second kappa shape index (κ2) is 6.88. The fourth-order valence-corrected chi connectivity index (χ4v) is 3.45. The minimum absolute atomic E-state index is 0.665.